The summed E-state index contributed by atoms with van der Waals surface area (Å²) in [6.07, 6.45) is 1.58. The number of piperidine rings is 1. The Hall–Kier alpha value is -3.74. The lowest BCUT2D eigenvalue weighted by molar-refractivity contribution is -0.125. The van der Waals surface area contributed by atoms with Crippen molar-refractivity contribution in [1.82, 2.24) is 10.2 Å². The molecule has 1 N–H and O–H groups in total. The predicted octanol–water partition coefficient (Wildman–Crippen LogP) is 3.29. The molecular formula is C25H24N2O5. The molecule has 0 aromatic heterocycles. The molecule has 2 aromatic carbocycles. The molecule has 2 heterocycles. The lowest BCUT2D eigenvalue weighted by atomic mass is 9.99. The minimum absolute atomic E-state index is 0.0170. The fourth-order valence-electron chi connectivity index (χ4n) is 4.06. The summed E-state index contributed by atoms with van der Waals surface area (Å²) in [5.41, 5.74) is 2.53. The average Bonchev–Trinajstić information content (AvgIpc) is 3.03. The van der Waals surface area contributed by atoms with Crippen LogP contribution in [0, 0.1) is 0 Å². The second kappa shape index (κ2) is 8.78. The summed E-state index contributed by atoms with van der Waals surface area (Å²) in [6.45, 7) is 6.19. The van der Waals surface area contributed by atoms with E-state index in [9.17, 15) is 19.2 Å². The van der Waals surface area contributed by atoms with E-state index in [0.29, 0.717) is 42.9 Å². The number of hydrogen-bond donors (Lipinski definition) is 1. The van der Waals surface area contributed by atoms with Gasteiger partial charge in [-0.05, 0) is 68.1 Å². The van der Waals surface area contributed by atoms with Crippen molar-refractivity contribution in [2.75, 3.05) is 6.61 Å². The van der Waals surface area contributed by atoms with Gasteiger partial charge in [0, 0.05) is 17.7 Å². The molecule has 1 saturated heterocycles. The molecule has 32 heavy (non-hydrogen) atoms. The SMILES string of the molecule is C=C1CCC(N2C(=O)c3ccc(CCC(=O)c4ccc(OCC)cc4)cc3C2=O)C(=O)N1. The summed E-state index contributed by atoms with van der Waals surface area (Å²) in [4.78, 5) is 51.6. The molecule has 1 atom stereocenters. The van der Waals surface area contributed by atoms with Crippen LogP contribution in [0.3, 0.4) is 0 Å². The Bertz CT molecular complexity index is 1120. The van der Waals surface area contributed by atoms with Crippen molar-refractivity contribution in [1.29, 1.82) is 0 Å². The quantitative estimate of drug-likeness (QED) is 0.535. The number of carbonyl (C=O) groups is 4. The normalized spacial score (nSPS) is 17.9. The molecule has 1 fully saturated rings. The van der Waals surface area contributed by atoms with Gasteiger partial charge < -0.3 is 10.1 Å². The van der Waals surface area contributed by atoms with Gasteiger partial charge in [0.15, 0.2) is 5.78 Å². The second-order valence-electron chi connectivity index (χ2n) is 7.89. The van der Waals surface area contributed by atoms with E-state index < -0.39 is 23.8 Å². The number of ether oxygens (including phenoxy) is 1. The summed E-state index contributed by atoms with van der Waals surface area (Å²) in [5, 5.41) is 2.62. The zero-order valence-electron chi connectivity index (χ0n) is 17.8. The van der Waals surface area contributed by atoms with Crippen molar-refractivity contribution < 1.29 is 23.9 Å². The maximum absolute atomic E-state index is 13.0. The van der Waals surface area contributed by atoms with E-state index in [1.807, 2.05) is 6.92 Å². The Labute approximate surface area is 186 Å². The number of nitrogens with zero attached hydrogens (tertiary/aromatic N) is 1. The van der Waals surface area contributed by atoms with E-state index in [2.05, 4.69) is 11.9 Å². The van der Waals surface area contributed by atoms with E-state index in [1.54, 1.807) is 42.5 Å². The molecular weight excluding hydrogens is 408 g/mol. The minimum Gasteiger partial charge on any atom is -0.494 e. The number of benzene rings is 2. The topological polar surface area (TPSA) is 92.8 Å². The molecule has 0 radical (unpaired) electrons. The average molecular weight is 432 g/mol. The zero-order valence-corrected chi connectivity index (χ0v) is 17.8. The van der Waals surface area contributed by atoms with Crippen LogP contribution >= 0.6 is 0 Å². The summed E-state index contributed by atoms with van der Waals surface area (Å²) in [7, 11) is 0. The Balaban J connectivity index is 1.45. The number of ketones is 1. The monoisotopic (exact) mass is 432 g/mol. The first kappa shape index (κ1) is 21.5. The molecule has 1 unspecified atom stereocenters. The van der Waals surface area contributed by atoms with Crippen molar-refractivity contribution in [2.24, 2.45) is 0 Å². The van der Waals surface area contributed by atoms with Crippen molar-refractivity contribution in [3.63, 3.8) is 0 Å². The summed E-state index contributed by atoms with van der Waals surface area (Å²) in [6, 6.07) is 11.2. The van der Waals surface area contributed by atoms with E-state index in [-0.39, 0.29) is 23.3 Å². The molecule has 7 heteroatoms. The third kappa shape index (κ3) is 4.06. The van der Waals surface area contributed by atoms with Gasteiger partial charge in [-0.15, -0.1) is 0 Å². The van der Waals surface area contributed by atoms with Crippen LogP contribution in [0.2, 0.25) is 0 Å². The van der Waals surface area contributed by atoms with E-state index in [4.69, 9.17) is 4.74 Å². The van der Waals surface area contributed by atoms with Crippen molar-refractivity contribution >= 4 is 23.5 Å². The van der Waals surface area contributed by atoms with Gasteiger partial charge in [-0.3, -0.25) is 24.1 Å². The van der Waals surface area contributed by atoms with Crippen LogP contribution in [-0.2, 0) is 11.2 Å². The largest absolute Gasteiger partial charge is 0.494 e. The van der Waals surface area contributed by atoms with E-state index >= 15 is 0 Å². The first-order chi connectivity index (χ1) is 15.4. The first-order valence-corrected chi connectivity index (χ1v) is 10.6. The number of imide groups is 1. The van der Waals surface area contributed by atoms with Gasteiger partial charge in [-0.25, -0.2) is 0 Å². The summed E-state index contributed by atoms with van der Waals surface area (Å²) in [5.74, 6) is -0.632. The lowest BCUT2D eigenvalue weighted by Gasteiger charge is -2.29. The van der Waals surface area contributed by atoms with Crippen LogP contribution < -0.4 is 10.1 Å². The molecule has 0 aliphatic carbocycles. The summed E-state index contributed by atoms with van der Waals surface area (Å²) >= 11 is 0. The number of aryl methyl sites for hydroxylation is 1. The van der Waals surface area contributed by atoms with Gasteiger partial charge in [0.25, 0.3) is 11.8 Å². The highest BCUT2D eigenvalue weighted by atomic mass is 16.5. The van der Waals surface area contributed by atoms with Crippen molar-refractivity contribution in [3.8, 4) is 5.75 Å². The molecule has 0 spiro atoms. The molecule has 2 aromatic rings. The van der Waals surface area contributed by atoms with Crippen LogP contribution in [0.15, 0.2) is 54.7 Å². The standard InChI is InChI=1S/C25H24N2O5/c1-3-32-18-9-7-17(8-10-18)22(28)13-6-16-5-11-19-20(14-16)25(31)27(24(19)30)21-12-4-15(2)26-23(21)29/h5,7-11,14,21H,2-4,6,12-13H2,1H3,(H,26,29). The molecule has 0 saturated carbocycles. The van der Waals surface area contributed by atoms with Crippen LogP contribution in [0.1, 0.15) is 62.8 Å². The van der Waals surface area contributed by atoms with Gasteiger partial charge in [-0.1, -0.05) is 12.6 Å². The maximum Gasteiger partial charge on any atom is 0.262 e. The number of Topliss-reactive ketones (excluding diaryl/α,β-unsaturated/α-hetero) is 1. The fraction of sp³-hybridized carbons (Fsp3) is 0.280. The zero-order chi connectivity index (χ0) is 22.8. The Morgan fingerprint density at radius 3 is 2.50 bits per heavy atom. The molecule has 164 valence electrons. The number of amides is 3. The van der Waals surface area contributed by atoms with Crippen LogP contribution in [0.25, 0.3) is 0 Å². The minimum atomic E-state index is -0.836. The number of nitrogens with one attached hydrogen (secondary N) is 1. The fourth-order valence-corrected chi connectivity index (χ4v) is 4.06. The van der Waals surface area contributed by atoms with Gasteiger partial charge in [-0.2, -0.15) is 0 Å². The smallest absolute Gasteiger partial charge is 0.262 e. The third-order valence-electron chi connectivity index (χ3n) is 5.74. The predicted molar refractivity (Wildman–Crippen MR) is 118 cm³/mol. The van der Waals surface area contributed by atoms with Gasteiger partial charge in [0.1, 0.15) is 11.8 Å². The van der Waals surface area contributed by atoms with Crippen molar-refractivity contribution in [3.05, 3.63) is 77.0 Å². The second-order valence-corrected chi connectivity index (χ2v) is 7.89. The van der Waals surface area contributed by atoms with Crippen LogP contribution in [0.5, 0.6) is 5.75 Å². The lowest BCUT2D eigenvalue weighted by Crippen LogP contribution is -2.51. The third-order valence-corrected chi connectivity index (χ3v) is 5.74. The van der Waals surface area contributed by atoms with Gasteiger partial charge >= 0.3 is 0 Å². The van der Waals surface area contributed by atoms with Crippen LogP contribution in [-0.4, -0.2) is 41.1 Å². The van der Waals surface area contributed by atoms with Gasteiger partial charge in [0.2, 0.25) is 5.91 Å². The molecule has 7 nitrogen and oxygen atoms in total. The highest BCUT2D eigenvalue weighted by Crippen LogP contribution is 2.29. The number of fused-ring (bicyclic) bond motifs is 1. The Morgan fingerprint density at radius 2 is 1.81 bits per heavy atom. The molecule has 0 bridgehead atoms. The number of hydrogen-bond acceptors (Lipinski definition) is 5. The van der Waals surface area contributed by atoms with E-state index in [1.165, 1.54) is 0 Å². The van der Waals surface area contributed by atoms with Crippen LogP contribution in [0.4, 0.5) is 0 Å². The molecule has 3 amide bonds. The number of carbonyl (C=O) groups excluding carboxylic acids is 4. The Morgan fingerprint density at radius 1 is 1.09 bits per heavy atom. The van der Waals surface area contributed by atoms with Crippen molar-refractivity contribution in [2.45, 2.75) is 38.6 Å². The number of rotatable bonds is 7. The molecule has 2 aliphatic heterocycles. The highest BCUT2D eigenvalue weighted by molar-refractivity contribution is 6.23. The molecule has 2 aliphatic rings. The Kier molecular flexibility index (Phi) is 5.90. The molecule has 4 rings (SSSR count). The highest BCUT2D eigenvalue weighted by Gasteiger charge is 2.43. The van der Waals surface area contributed by atoms with E-state index in [0.717, 1.165) is 10.5 Å². The van der Waals surface area contributed by atoms with Gasteiger partial charge in [0.05, 0.1) is 17.7 Å². The first-order valence-electron chi connectivity index (χ1n) is 10.6. The summed E-state index contributed by atoms with van der Waals surface area (Å²) < 4.78 is 5.39. The maximum atomic E-state index is 13.0. The number of allylic oxidation sites excluding steroid dienone is 1.